The van der Waals surface area contributed by atoms with Crippen molar-refractivity contribution < 1.29 is 9.53 Å². The van der Waals surface area contributed by atoms with Gasteiger partial charge >= 0.3 is 5.97 Å². The Balaban J connectivity index is 3.44. The minimum Gasteiger partial charge on any atom is -0.466 e. The molecule has 0 rings (SSSR count). The molecule has 0 aliphatic heterocycles. The monoisotopic (exact) mass is 218 g/mol. The Morgan fingerprint density at radius 3 is 2.64 bits per heavy atom. The summed E-state index contributed by atoms with van der Waals surface area (Å²) >= 11 is 4.97. The number of hydrogen-bond acceptors (Lipinski definition) is 3. The second-order valence-electron chi connectivity index (χ2n) is 3.11. The molecule has 0 aromatic rings. The quantitative estimate of drug-likeness (QED) is 0.528. The van der Waals surface area contributed by atoms with Crippen LogP contribution in [-0.2, 0) is 9.53 Å². The zero-order valence-electron chi connectivity index (χ0n) is 8.92. The highest BCUT2D eigenvalue weighted by Crippen LogP contribution is 1.84. The van der Waals surface area contributed by atoms with Crippen molar-refractivity contribution in [3.05, 3.63) is 0 Å². The van der Waals surface area contributed by atoms with E-state index < -0.39 is 0 Å². The van der Waals surface area contributed by atoms with Gasteiger partial charge in [-0.05, 0) is 33.0 Å². The van der Waals surface area contributed by atoms with Crippen LogP contribution in [0.2, 0.25) is 0 Å². The van der Waals surface area contributed by atoms with Gasteiger partial charge in [0.1, 0.15) is 0 Å². The average molecular weight is 218 g/mol. The summed E-state index contributed by atoms with van der Waals surface area (Å²) in [4.78, 5) is 10.9. The Bertz CT molecular complexity index is 195. The molecule has 0 amide bonds. The number of esters is 1. The summed E-state index contributed by atoms with van der Waals surface area (Å²) in [5.74, 6) is -0.202. The van der Waals surface area contributed by atoms with Crippen LogP contribution >= 0.6 is 12.2 Å². The molecule has 2 N–H and O–H groups in total. The highest BCUT2D eigenvalue weighted by molar-refractivity contribution is 7.80. The molecule has 14 heavy (non-hydrogen) atoms. The number of ether oxygens (including phenoxy) is 1. The third kappa shape index (κ3) is 7.79. The number of carbonyl (C=O) groups excluding carboxylic acids is 1. The van der Waals surface area contributed by atoms with E-state index in [1.807, 2.05) is 13.8 Å². The van der Waals surface area contributed by atoms with E-state index in [0.717, 1.165) is 0 Å². The molecule has 5 heteroatoms. The van der Waals surface area contributed by atoms with Gasteiger partial charge < -0.3 is 15.4 Å². The van der Waals surface area contributed by atoms with Gasteiger partial charge in [-0.2, -0.15) is 0 Å². The molecule has 0 fully saturated rings. The summed E-state index contributed by atoms with van der Waals surface area (Å²) < 4.78 is 4.76. The first kappa shape index (κ1) is 13.2. The molecule has 0 aliphatic carbocycles. The molecule has 0 unspecified atom stereocenters. The first-order valence-corrected chi connectivity index (χ1v) is 5.17. The maximum absolute atomic E-state index is 10.9. The van der Waals surface area contributed by atoms with E-state index in [9.17, 15) is 4.79 Å². The maximum atomic E-state index is 10.9. The third-order valence-corrected chi connectivity index (χ3v) is 1.60. The number of thiocarbonyl (C=S) groups is 1. The van der Waals surface area contributed by atoms with E-state index in [2.05, 4.69) is 10.6 Å². The average Bonchev–Trinajstić information content (AvgIpc) is 2.02. The Morgan fingerprint density at radius 2 is 2.14 bits per heavy atom. The molecule has 0 aliphatic rings. The zero-order chi connectivity index (χ0) is 11.0. The van der Waals surface area contributed by atoms with Crippen molar-refractivity contribution in [2.45, 2.75) is 33.2 Å². The van der Waals surface area contributed by atoms with Crippen molar-refractivity contribution in [1.82, 2.24) is 10.6 Å². The fourth-order valence-electron chi connectivity index (χ4n) is 0.824. The van der Waals surface area contributed by atoms with E-state index in [4.69, 9.17) is 17.0 Å². The summed E-state index contributed by atoms with van der Waals surface area (Å²) in [6.07, 6.45) is 0.341. The third-order valence-electron chi connectivity index (χ3n) is 1.34. The maximum Gasteiger partial charge on any atom is 0.307 e. The molecular weight excluding hydrogens is 200 g/mol. The van der Waals surface area contributed by atoms with Gasteiger partial charge in [-0.15, -0.1) is 0 Å². The van der Waals surface area contributed by atoms with E-state index in [1.54, 1.807) is 6.92 Å². The van der Waals surface area contributed by atoms with E-state index in [1.165, 1.54) is 0 Å². The lowest BCUT2D eigenvalue weighted by atomic mass is 10.4. The van der Waals surface area contributed by atoms with Gasteiger partial charge in [0, 0.05) is 12.6 Å². The lowest BCUT2D eigenvalue weighted by molar-refractivity contribution is -0.142. The molecular formula is C9H18N2O2S. The van der Waals surface area contributed by atoms with Gasteiger partial charge in [-0.25, -0.2) is 0 Å². The van der Waals surface area contributed by atoms with Crippen LogP contribution in [0, 0.1) is 0 Å². The molecule has 0 atom stereocenters. The molecule has 0 heterocycles. The standard InChI is InChI=1S/C9H18N2O2S/c1-4-13-8(12)5-6-10-9(14)11-7(2)3/h7H,4-6H2,1-3H3,(H2,10,11,14). The summed E-state index contributed by atoms with van der Waals surface area (Å²) in [5, 5.41) is 6.51. The fraction of sp³-hybridized carbons (Fsp3) is 0.778. The van der Waals surface area contributed by atoms with Gasteiger partial charge in [0.25, 0.3) is 0 Å². The molecule has 4 nitrogen and oxygen atoms in total. The highest BCUT2D eigenvalue weighted by atomic mass is 32.1. The van der Waals surface area contributed by atoms with E-state index in [0.29, 0.717) is 30.7 Å². The van der Waals surface area contributed by atoms with Gasteiger partial charge in [-0.3, -0.25) is 4.79 Å². The largest absolute Gasteiger partial charge is 0.466 e. The van der Waals surface area contributed by atoms with Crippen LogP contribution < -0.4 is 10.6 Å². The molecule has 82 valence electrons. The van der Waals surface area contributed by atoms with Crippen LogP contribution in [0.3, 0.4) is 0 Å². The summed E-state index contributed by atoms with van der Waals surface area (Å²) in [7, 11) is 0. The predicted molar refractivity (Wildman–Crippen MR) is 60.1 cm³/mol. The Kier molecular flexibility index (Phi) is 7.10. The number of hydrogen-bond donors (Lipinski definition) is 2. The zero-order valence-corrected chi connectivity index (χ0v) is 9.74. The number of rotatable bonds is 5. The number of nitrogens with one attached hydrogen (secondary N) is 2. The van der Waals surface area contributed by atoms with Crippen LogP contribution in [0.15, 0.2) is 0 Å². The molecule has 0 bridgehead atoms. The molecule has 0 spiro atoms. The van der Waals surface area contributed by atoms with Gasteiger partial charge in [-0.1, -0.05) is 0 Å². The minimum atomic E-state index is -0.202. The van der Waals surface area contributed by atoms with E-state index in [-0.39, 0.29) is 5.97 Å². The Labute approximate surface area is 90.4 Å². The van der Waals surface area contributed by atoms with Crippen LogP contribution in [-0.4, -0.2) is 30.3 Å². The first-order valence-electron chi connectivity index (χ1n) is 4.76. The molecule has 0 saturated heterocycles. The van der Waals surface area contributed by atoms with Gasteiger partial charge in [0.05, 0.1) is 13.0 Å². The van der Waals surface area contributed by atoms with Crippen LogP contribution in [0.1, 0.15) is 27.2 Å². The summed E-state index contributed by atoms with van der Waals surface area (Å²) in [6, 6.07) is 0.303. The van der Waals surface area contributed by atoms with Crippen molar-refractivity contribution in [2.75, 3.05) is 13.2 Å². The minimum absolute atomic E-state index is 0.202. The van der Waals surface area contributed by atoms with Crippen LogP contribution in [0.4, 0.5) is 0 Å². The Morgan fingerprint density at radius 1 is 1.50 bits per heavy atom. The smallest absolute Gasteiger partial charge is 0.307 e. The lowest BCUT2D eigenvalue weighted by Crippen LogP contribution is -2.40. The second-order valence-corrected chi connectivity index (χ2v) is 3.52. The topological polar surface area (TPSA) is 50.4 Å². The summed E-state index contributed by atoms with van der Waals surface area (Å²) in [6.45, 7) is 6.72. The van der Waals surface area contributed by atoms with Crippen molar-refractivity contribution in [1.29, 1.82) is 0 Å². The van der Waals surface area contributed by atoms with Crippen molar-refractivity contribution in [3.63, 3.8) is 0 Å². The van der Waals surface area contributed by atoms with Crippen molar-refractivity contribution in [3.8, 4) is 0 Å². The fourth-order valence-corrected chi connectivity index (χ4v) is 1.16. The predicted octanol–water partition coefficient (Wildman–Crippen LogP) is 0.812. The summed E-state index contributed by atoms with van der Waals surface area (Å²) in [5.41, 5.74) is 0. The lowest BCUT2D eigenvalue weighted by Gasteiger charge is -2.12. The Hall–Kier alpha value is -0.840. The van der Waals surface area contributed by atoms with Crippen LogP contribution in [0.25, 0.3) is 0 Å². The highest BCUT2D eigenvalue weighted by Gasteiger charge is 2.02. The molecule has 0 saturated carbocycles. The van der Waals surface area contributed by atoms with Crippen molar-refractivity contribution in [2.24, 2.45) is 0 Å². The van der Waals surface area contributed by atoms with Crippen LogP contribution in [0.5, 0.6) is 0 Å². The SMILES string of the molecule is CCOC(=O)CCNC(=S)NC(C)C. The van der Waals surface area contributed by atoms with Gasteiger partial charge in [0.15, 0.2) is 5.11 Å². The number of carbonyl (C=O) groups is 1. The van der Waals surface area contributed by atoms with E-state index >= 15 is 0 Å². The molecule has 0 radical (unpaired) electrons. The second kappa shape index (κ2) is 7.55. The first-order chi connectivity index (χ1) is 6.56. The van der Waals surface area contributed by atoms with Crippen molar-refractivity contribution >= 4 is 23.3 Å². The molecule has 0 aromatic heterocycles. The molecule has 0 aromatic carbocycles. The van der Waals surface area contributed by atoms with Gasteiger partial charge in [0.2, 0.25) is 0 Å². The normalized spacial score (nSPS) is 9.71.